The van der Waals surface area contributed by atoms with Gasteiger partial charge in [-0.2, -0.15) is 0 Å². The van der Waals surface area contributed by atoms with Crippen molar-refractivity contribution in [1.29, 1.82) is 0 Å². The van der Waals surface area contributed by atoms with E-state index < -0.39 is 42.0 Å². The number of nitrogens with zero attached hydrogens (tertiary/aromatic N) is 1. The minimum absolute atomic E-state index is 0.0338. The molecule has 198 valence electrons. The summed E-state index contributed by atoms with van der Waals surface area (Å²) in [4.78, 5) is 52.9. The number of carbonyl (C=O) groups is 4. The van der Waals surface area contributed by atoms with Gasteiger partial charge in [0.1, 0.15) is 17.7 Å². The molecule has 2 unspecified atom stereocenters. The van der Waals surface area contributed by atoms with Crippen molar-refractivity contribution >= 4 is 29.9 Å². The number of benzene rings is 1. The van der Waals surface area contributed by atoms with Gasteiger partial charge in [0, 0.05) is 12.6 Å². The van der Waals surface area contributed by atoms with E-state index in [1.807, 2.05) is 6.07 Å². The highest BCUT2D eigenvalue weighted by Crippen LogP contribution is 2.26. The number of alkyl carbamates (subject to hydrolysis) is 1. The molecule has 2 rings (SSSR count). The molecule has 0 aromatic heterocycles. The van der Waals surface area contributed by atoms with E-state index >= 15 is 0 Å². The first-order valence-electron chi connectivity index (χ1n) is 12.6. The van der Waals surface area contributed by atoms with Crippen LogP contribution in [0.5, 0.6) is 0 Å². The van der Waals surface area contributed by atoms with Gasteiger partial charge in [-0.05, 0) is 57.7 Å². The standard InChI is InChI=1S/C27H40N4O5/c1-6-18-12-11-13-19(16-18)23(24(33)29-20-14-9-8-10-15-20)31(7-2)25(34)21(17-22(28)32)30-26(35)36-27(3,4)5/h6,11-13,16,20-21,23H,1,7-10,14-15,17H2,2-5H3,(H2,28,32)(H,29,33)(H,30,35). The summed E-state index contributed by atoms with van der Waals surface area (Å²) < 4.78 is 5.27. The largest absolute Gasteiger partial charge is 0.444 e. The van der Waals surface area contributed by atoms with Gasteiger partial charge in [-0.1, -0.05) is 50.1 Å². The number of nitrogens with two attached hydrogens (primary N) is 1. The van der Waals surface area contributed by atoms with Gasteiger partial charge in [-0.15, -0.1) is 0 Å². The van der Waals surface area contributed by atoms with Gasteiger partial charge in [0.25, 0.3) is 0 Å². The first-order valence-corrected chi connectivity index (χ1v) is 12.6. The smallest absolute Gasteiger partial charge is 0.408 e. The van der Waals surface area contributed by atoms with Crippen molar-refractivity contribution in [3.05, 3.63) is 42.0 Å². The zero-order valence-electron chi connectivity index (χ0n) is 21.8. The second kappa shape index (κ2) is 13.1. The molecule has 0 radical (unpaired) electrons. The Morgan fingerprint density at radius 1 is 1.19 bits per heavy atom. The molecule has 9 heteroatoms. The SMILES string of the molecule is C=Cc1cccc(C(C(=O)NC2CCCCC2)N(CC)C(=O)C(CC(N)=O)NC(=O)OC(C)(C)C)c1. The summed E-state index contributed by atoms with van der Waals surface area (Å²) in [5.74, 6) is -1.68. The molecular weight excluding hydrogens is 460 g/mol. The van der Waals surface area contributed by atoms with Crippen LogP contribution in [0, 0.1) is 0 Å². The van der Waals surface area contributed by atoms with Crippen LogP contribution in [0.3, 0.4) is 0 Å². The van der Waals surface area contributed by atoms with Gasteiger partial charge in [0.05, 0.1) is 6.42 Å². The molecule has 36 heavy (non-hydrogen) atoms. The Balaban J connectivity index is 2.41. The third kappa shape index (κ3) is 8.70. The van der Waals surface area contributed by atoms with Gasteiger partial charge in [-0.25, -0.2) is 4.79 Å². The highest BCUT2D eigenvalue weighted by Gasteiger charge is 2.37. The van der Waals surface area contributed by atoms with Crippen molar-refractivity contribution < 1.29 is 23.9 Å². The van der Waals surface area contributed by atoms with Crippen molar-refractivity contribution in [3.63, 3.8) is 0 Å². The molecule has 1 fully saturated rings. The van der Waals surface area contributed by atoms with Crippen molar-refractivity contribution in [3.8, 4) is 0 Å². The fourth-order valence-electron chi connectivity index (χ4n) is 4.37. The van der Waals surface area contributed by atoms with Gasteiger partial charge >= 0.3 is 6.09 Å². The topological polar surface area (TPSA) is 131 Å². The molecule has 1 aromatic carbocycles. The number of carbonyl (C=O) groups excluding carboxylic acids is 4. The minimum Gasteiger partial charge on any atom is -0.444 e. The summed E-state index contributed by atoms with van der Waals surface area (Å²) in [5.41, 5.74) is 5.99. The molecule has 1 aliphatic rings. The molecular formula is C27H40N4O5. The molecule has 0 saturated heterocycles. The second-order valence-corrected chi connectivity index (χ2v) is 10.1. The number of primary amides is 1. The molecule has 1 aliphatic carbocycles. The maximum absolute atomic E-state index is 13.7. The number of rotatable bonds is 10. The Hall–Kier alpha value is -3.36. The minimum atomic E-state index is -1.29. The molecule has 2 atom stereocenters. The molecule has 0 bridgehead atoms. The van der Waals surface area contributed by atoms with Crippen LogP contribution in [-0.4, -0.2) is 52.9 Å². The summed E-state index contributed by atoms with van der Waals surface area (Å²) in [6, 6.07) is 5.00. The van der Waals surface area contributed by atoms with E-state index in [-0.39, 0.29) is 18.5 Å². The third-order valence-corrected chi connectivity index (χ3v) is 5.99. The third-order valence-electron chi connectivity index (χ3n) is 5.99. The molecule has 0 spiro atoms. The number of likely N-dealkylation sites (N-methyl/N-ethyl adjacent to an activating group) is 1. The first kappa shape index (κ1) is 28.9. The molecule has 9 nitrogen and oxygen atoms in total. The Morgan fingerprint density at radius 2 is 1.86 bits per heavy atom. The van der Waals surface area contributed by atoms with Crippen LogP contribution in [0.15, 0.2) is 30.8 Å². The van der Waals surface area contributed by atoms with Crippen molar-refractivity contribution in [2.75, 3.05) is 6.54 Å². The molecule has 4 amide bonds. The molecule has 0 heterocycles. The summed E-state index contributed by atoms with van der Waals surface area (Å²) in [6.45, 7) is 10.8. The van der Waals surface area contributed by atoms with E-state index in [4.69, 9.17) is 10.5 Å². The van der Waals surface area contributed by atoms with Gasteiger partial charge in [0.2, 0.25) is 17.7 Å². The lowest BCUT2D eigenvalue weighted by Gasteiger charge is -2.35. The summed E-state index contributed by atoms with van der Waals surface area (Å²) >= 11 is 0. The number of amides is 4. The molecule has 0 aliphatic heterocycles. The van der Waals surface area contributed by atoms with Crippen molar-refractivity contribution in [2.24, 2.45) is 5.73 Å². The lowest BCUT2D eigenvalue weighted by atomic mass is 9.94. The van der Waals surface area contributed by atoms with Crippen LogP contribution in [0.25, 0.3) is 6.08 Å². The van der Waals surface area contributed by atoms with E-state index in [1.165, 1.54) is 4.90 Å². The zero-order valence-corrected chi connectivity index (χ0v) is 21.8. The fourth-order valence-corrected chi connectivity index (χ4v) is 4.37. The Morgan fingerprint density at radius 3 is 2.42 bits per heavy atom. The summed E-state index contributed by atoms with van der Waals surface area (Å²) in [7, 11) is 0. The van der Waals surface area contributed by atoms with E-state index in [2.05, 4.69) is 17.2 Å². The quantitative estimate of drug-likeness (QED) is 0.453. The maximum atomic E-state index is 13.7. The van der Waals surface area contributed by atoms with E-state index in [0.29, 0.717) is 5.56 Å². The molecule has 1 saturated carbocycles. The average Bonchev–Trinajstić information content (AvgIpc) is 2.80. The summed E-state index contributed by atoms with van der Waals surface area (Å²) in [6.07, 6.45) is 5.37. The number of hydrogen-bond donors (Lipinski definition) is 3. The predicted molar refractivity (Wildman–Crippen MR) is 139 cm³/mol. The fraction of sp³-hybridized carbons (Fsp3) is 0.556. The Labute approximate surface area is 213 Å². The number of hydrogen-bond acceptors (Lipinski definition) is 5. The van der Waals surface area contributed by atoms with Crippen LogP contribution in [0.1, 0.15) is 83.4 Å². The van der Waals surface area contributed by atoms with Crippen LogP contribution in [0.2, 0.25) is 0 Å². The Bertz CT molecular complexity index is 950. The predicted octanol–water partition coefficient (Wildman–Crippen LogP) is 3.44. The van der Waals surface area contributed by atoms with Crippen LogP contribution in [-0.2, 0) is 19.1 Å². The van der Waals surface area contributed by atoms with Crippen molar-refractivity contribution in [2.45, 2.75) is 89.9 Å². The second-order valence-electron chi connectivity index (χ2n) is 10.1. The van der Waals surface area contributed by atoms with Gasteiger partial charge < -0.3 is 26.0 Å². The lowest BCUT2D eigenvalue weighted by Crippen LogP contribution is -2.54. The summed E-state index contributed by atoms with van der Waals surface area (Å²) in [5, 5.41) is 5.58. The monoisotopic (exact) mass is 500 g/mol. The lowest BCUT2D eigenvalue weighted by molar-refractivity contribution is -0.143. The average molecular weight is 501 g/mol. The molecule has 4 N–H and O–H groups in total. The normalized spacial score (nSPS) is 15.8. The van der Waals surface area contributed by atoms with E-state index in [1.54, 1.807) is 52.0 Å². The number of ether oxygens (including phenoxy) is 1. The highest BCUT2D eigenvalue weighted by molar-refractivity contribution is 5.94. The number of nitrogens with one attached hydrogen (secondary N) is 2. The molecule has 1 aromatic rings. The maximum Gasteiger partial charge on any atom is 0.408 e. The van der Waals surface area contributed by atoms with Crippen LogP contribution in [0.4, 0.5) is 4.79 Å². The van der Waals surface area contributed by atoms with Gasteiger partial charge in [-0.3, -0.25) is 14.4 Å². The highest BCUT2D eigenvalue weighted by atomic mass is 16.6. The van der Waals surface area contributed by atoms with Crippen molar-refractivity contribution in [1.82, 2.24) is 15.5 Å². The Kier molecular flexibility index (Phi) is 10.5. The van der Waals surface area contributed by atoms with Crippen LogP contribution >= 0.6 is 0 Å². The van der Waals surface area contributed by atoms with Crippen LogP contribution < -0.4 is 16.4 Å². The zero-order chi connectivity index (χ0) is 26.9. The van der Waals surface area contributed by atoms with E-state index in [9.17, 15) is 19.2 Å². The van der Waals surface area contributed by atoms with E-state index in [0.717, 1.165) is 37.7 Å². The first-order chi connectivity index (χ1) is 16.9. The van der Waals surface area contributed by atoms with Gasteiger partial charge in [0.15, 0.2) is 0 Å².